The first-order chi connectivity index (χ1) is 19.4. The van der Waals surface area contributed by atoms with E-state index in [1.165, 1.54) is 12.0 Å². The quantitative estimate of drug-likeness (QED) is 0.400. The fourth-order valence-electron chi connectivity index (χ4n) is 4.99. The molecule has 11 nitrogen and oxygen atoms in total. The van der Waals surface area contributed by atoms with Crippen LogP contribution in [0.1, 0.15) is 23.3 Å². The molecule has 4 heterocycles. The number of benzene rings is 1. The summed E-state index contributed by atoms with van der Waals surface area (Å²) < 4.78 is 4.92. The maximum atomic E-state index is 12.9. The number of nitriles is 1. The molecular weight excluding hydrogens is 530 g/mol. The second-order valence-electron chi connectivity index (χ2n) is 9.78. The van der Waals surface area contributed by atoms with E-state index >= 15 is 0 Å². The fourth-order valence-corrected chi connectivity index (χ4v) is 5.90. The van der Waals surface area contributed by atoms with Crippen LogP contribution in [0.3, 0.4) is 0 Å². The summed E-state index contributed by atoms with van der Waals surface area (Å²) in [5, 5.41) is 18.9. The molecule has 2 aliphatic rings. The second kappa shape index (κ2) is 12.2. The Morgan fingerprint density at radius 2 is 1.95 bits per heavy atom. The Labute approximate surface area is 235 Å². The van der Waals surface area contributed by atoms with Crippen molar-refractivity contribution >= 4 is 29.2 Å². The highest BCUT2D eigenvalue weighted by Gasteiger charge is 2.38. The maximum Gasteiger partial charge on any atom is 0.409 e. The smallest absolute Gasteiger partial charge is 0.409 e. The summed E-state index contributed by atoms with van der Waals surface area (Å²) in [5.74, 6) is -0.750. The van der Waals surface area contributed by atoms with Gasteiger partial charge >= 0.3 is 6.09 Å². The van der Waals surface area contributed by atoms with Gasteiger partial charge in [-0.2, -0.15) is 5.26 Å². The highest BCUT2D eigenvalue weighted by molar-refractivity contribution is 7.18. The van der Waals surface area contributed by atoms with Gasteiger partial charge in [-0.15, -0.1) is 11.3 Å². The number of hydrogen-bond donors (Lipinski definition) is 3. The first kappa shape index (κ1) is 27.2. The Bertz CT molecular complexity index is 1410. The number of carbonyl (C=O) groups excluding carboxylic acids is 3. The minimum absolute atomic E-state index is 0.178. The van der Waals surface area contributed by atoms with Crippen molar-refractivity contribution in [1.29, 1.82) is 5.26 Å². The number of ether oxygens (including phenoxy) is 1. The van der Waals surface area contributed by atoms with Crippen LogP contribution in [0.5, 0.6) is 0 Å². The summed E-state index contributed by atoms with van der Waals surface area (Å²) in [7, 11) is 1.30. The van der Waals surface area contributed by atoms with Crippen molar-refractivity contribution in [2.24, 2.45) is 5.92 Å². The normalized spacial score (nSPS) is 21.9. The summed E-state index contributed by atoms with van der Waals surface area (Å²) >= 11 is 1.55. The Morgan fingerprint density at radius 1 is 1.12 bits per heavy atom. The minimum atomic E-state index is -0.526. The molecule has 0 aliphatic carbocycles. The van der Waals surface area contributed by atoms with Crippen LogP contribution in [0.15, 0.2) is 54.9 Å². The van der Waals surface area contributed by atoms with Crippen molar-refractivity contribution in [2.45, 2.75) is 31.0 Å². The van der Waals surface area contributed by atoms with E-state index in [4.69, 9.17) is 10.00 Å². The first-order valence-electron chi connectivity index (χ1n) is 13.0. The summed E-state index contributed by atoms with van der Waals surface area (Å²) in [6, 6.07) is 14.5. The third-order valence-electron chi connectivity index (χ3n) is 7.11. The van der Waals surface area contributed by atoms with Crippen molar-refractivity contribution < 1.29 is 19.1 Å². The van der Waals surface area contributed by atoms with Gasteiger partial charge in [-0.1, -0.05) is 30.3 Å². The van der Waals surface area contributed by atoms with Gasteiger partial charge in [0.2, 0.25) is 5.91 Å². The number of pyridine rings is 1. The van der Waals surface area contributed by atoms with Crippen molar-refractivity contribution in [3.8, 4) is 27.1 Å². The van der Waals surface area contributed by atoms with Gasteiger partial charge in [-0.25, -0.2) is 9.78 Å². The molecule has 2 aromatic heterocycles. The molecule has 206 valence electrons. The largest absolute Gasteiger partial charge is 0.453 e. The van der Waals surface area contributed by atoms with E-state index in [2.05, 4.69) is 32.0 Å². The van der Waals surface area contributed by atoms with E-state index in [1.54, 1.807) is 29.8 Å². The third kappa shape index (κ3) is 6.11. The molecule has 2 aliphatic heterocycles. The molecule has 0 unspecified atom stereocenters. The van der Waals surface area contributed by atoms with Crippen LogP contribution in [-0.4, -0.2) is 77.6 Å². The number of nitrogens with zero attached hydrogens (tertiary/aromatic N) is 4. The number of likely N-dealkylation sites (tertiary alicyclic amines) is 1. The van der Waals surface area contributed by atoms with Gasteiger partial charge in [0.25, 0.3) is 5.91 Å². The van der Waals surface area contributed by atoms with E-state index in [-0.39, 0.29) is 48.6 Å². The van der Waals surface area contributed by atoms with Gasteiger partial charge in [0.15, 0.2) is 0 Å². The van der Waals surface area contributed by atoms with Crippen LogP contribution in [0, 0.1) is 17.2 Å². The van der Waals surface area contributed by atoms with Crippen LogP contribution >= 0.6 is 11.3 Å². The van der Waals surface area contributed by atoms with Crippen LogP contribution in [0.2, 0.25) is 0 Å². The Kier molecular flexibility index (Phi) is 8.33. The van der Waals surface area contributed by atoms with Crippen molar-refractivity contribution in [1.82, 2.24) is 30.8 Å². The molecule has 1 aromatic carbocycles. The summed E-state index contributed by atoms with van der Waals surface area (Å²) in [6.45, 7) is 0.924. The number of rotatable bonds is 7. The van der Waals surface area contributed by atoms with Gasteiger partial charge < -0.3 is 25.6 Å². The summed E-state index contributed by atoms with van der Waals surface area (Å²) in [4.78, 5) is 49.2. The molecule has 5 rings (SSSR count). The number of amides is 3. The molecule has 2 fully saturated rings. The predicted octanol–water partition coefficient (Wildman–Crippen LogP) is 2.43. The lowest BCUT2D eigenvalue weighted by molar-refractivity contribution is -0.123. The van der Waals surface area contributed by atoms with E-state index < -0.39 is 12.1 Å². The Hall–Kier alpha value is -4.34. The number of hydrogen-bond acceptors (Lipinski definition) is 9. The lowest BCUT2D eigenvalue weighted by Gasteiger charge is -2.23. The Morgan fingerprint density at radius 3 is 2.65 bits per heavy atom. The summed E-state index contributed by atoms with van der Waals surface area (Å²) in [5.41, 5.74) is 2.16. The van der Waals surface area contributed by atoms with Gasteiger partial charge in [0, 0.05) is 49.2 Å². The molecule has 40 heavy (non-hydrogen) atoms. The zero-order valence-corrected chi connectivity index (χ0v) is 22.7. The van der Waals surface area contributed by atoms with Gasteiger partial charge in [0.1, 0.15) is 10.7 Å². The zero-order chi connectivity index (χ0) is 28.1. The van der Waals surface area contributed by atoms with Gasteiger partial charge in [-0.3, -0.25) is 14.6 Å². The van der Waals surface area contributed by atoms with E-state index in [9.17, 15) is 14.4 Å². The minimum Gasteiger partial charge on any atom is -0.453 e. The molecule has 3 amide bonds. The topological polar surface area (TPSA) is 149 Å². The number of thiazole rings is 1. The zero-order valence-electron chi connectivity index (χ0n) is 21.9. The standard InChI is InChI=1S/C28H29N7O4S/c1-39-28(38)35-16-20(34-26(37)23-9-17(11-29)12-30-23)10-21(35)14-32-25(36)22-8-7-19(13-31-22)24-15-33-27(40-24)18-5-3-2-4-6-18/h2-8,13,15,17,20-21,23,30H,9-10,12,14,16H2,1H3,(H,32,36)(H,34,37)/t17-,20-,21-,23+/m1/s1. The molecular formula is C28H29N7O4S. The summed E-state index contributed by atoms with van der Waals surface area (Å²) in [6.07, 6.45) is 3.83. The molecule has 0 radical (unpaired) electrons. The number of aromatic nitrogens is 2. The van der Waals surface area contributed by atoms with Crippen LogP contribution < -0.4 is 16.0 Å². The Balaban J connectivity index is 1.17. The van der Waals surface area contributed by atoms with Crippen molar-refractivity contribution in [3.63, 3.8) is 0 Å². The average Bonchev–Trinajstić information content (AvgIpc) is 3.76. The predicted molar refractivity (Wildman–Crippen MR) is 148 cm³/mol. The van der Waals surface area contributed by atoms with Crippen molar-refractivity contribution in [2.75, 3.05) is 26.7 Å². The third-order valence-corrected chi connectivity index (χ3v) is 8.20. The molecule has 3 aromatic rings. The van der Waals surface area contributed by atoms with E-state index in [1.807, 2.05) is 36.4 Å². The molecule has 0 saturated carbocycles. The monoisotopic (exact) mass is 559 g/mol. The van der Waals surface area contributed by atoms with Crippen LogP contribution in [0.25, 0.3) is 21.0 Å². The fraction of sp³-hybridized carbons (Fsp3) is 0.357. The number of carbonyl (C=O) groups is 3. The van der Waals surface area contributed by atoms with Gasteiger partial charge in [-0.05, 0) is 25.0 Å². The molecule has 0 spiro atoms. The molecule has 3 N–H and O–H groups in total. The SMILES string of the molecule is COC(=O)N1C[C@H](NC(=O)[C@@H]2C[C@H](C#N)CN2)C[C@@H]1CNC(=O)c1ccc(-c2cnc(-c3ccccc3)s2)cn1. The van der Waals surface area contributed by atoms with E-state index in [0.29, 0.717) is 19.4 Å². The second-order valence-corrected chi connectivity index (χ2v) is 10.8. The highest BCUT2D eigenvalue weighted by Crippen LogP contribution is 2.31. The molecule has 2 saturated heterocycles. The van der Waals surface area contributed by atoms with Crippen LogP contribution in [-0.2, 0) is 9.53 Å². The van der Waals surface area contributed by atoms with Gasteiger partial charge in [0.05, 0.1) is 36.1 Å². The molecule has 4 atom stereocenters. The first-order valence-corrected chi connectivity index (χ1v) is 13.8. The van der Waals surface area contributed by atoms with Crippen LogP contribution in [0.4, 0.5) is 4.79 Å². The lowest BCUT2D eigenvalue weighted by atomic mass is 10.1. The number of nitrogens with one attached hydrogen (secondary N) is 3. The molecule has 0 bridgehead atoms. The van der Waals surface area contributed by atoms with Crippen molar-refractivity contribution in [3.05, 3.63) is 60.6 Å². The highest BCUT2D eigenvalue weighted by atomic mass is 32.1. The molecule has 12 heteroatoms. The number of methoxy groups -OCH3 is 1. The van der Waals surface area contributed by atoms with E-state index in [0.717, 1.165) is 21.0 Å². The lowest BCUT2D eigenvalue weighted by Crippen LogP contribution is -2.46. The maximum absolute atomic E-state index is 12.9. The average molecular weight is 560 g/mol.